The molecule has 15 heavy (non-hydrogen) atoms. The van der Waals surface area contributed by atoms with E-state index in [-0.39, 0.29) is 0 Å². The molecule has 1 aromatic carbocycles. The Morgan fingerprint density at radius 2 is 1.27 bits per heavy atom. The van der Waals surface area contributed by atoms with Crippen LogP contribution in [0.2, 0.25) is 0 Å². The molecule has 0 amide bonds. The minimum Gasteiger partial charge on any atom is -0.478 e. The number of carboxylic acids is 3. The molecule has 0 aromatic heterocycles. The molecule has 0 aliphatic heterocycles. The molecule has 0 fully saturated rings. The third-order valence-electron chi connectivity index (χ3n) is 1.67. The van der Waals surface area contributed by atoms with Crippen molar-refractivity contribution in [3.8, 4) is 0 Å². The van der Waals surface area contributed by atoms with Crippen molar-refractivity contribution in [2.75, 3.05) is 0 Å². The molecule has 6 heteroatoms. The van der Waals surface area contributed by atoms with Crippen molar-refractivity contribution >= 4 is 17.9 Å². The minimum atomic E-state index is -1.60. The van der Waals surface area contributed by atoms with Crippen molar-refractivity contribution in [2.45, 2.75) is 0 Å². The molecular weight excluding hydrogens is 204 g/mol. The molecule has 0 saturated heterocycles. The summed E-state index contributed by atoms with van der Waals surface area (Å²) in [6, 6.07) is 4.09. The third-order valence-corrected chi connectivity index (χ3v) is 1.67. The van der Waals surface area contributed by atoms with E-state index in [0.717, 1.165) is 12.1 Å². The molecule has 0 bridgehead atoms. The molecule has 1 radical (unpaired) electrons. The summed E-state index contributed by atoms with van der Waals surface area (Å²) in [6.07, 6.45) is 0. The fourth-order valence-corrected chi connectivity index (χ4v) is 1.07. The van der Waals surface area contributed by atoms with E-state index in [0.29, 0.717) is 0 Å². The van der Waals surface area contributed by atoms with Crippen LogP contribution in [0.3, 0.4) is 0 Å². The lowest BCUT2D eigenvalue weighted by Crippen LogP contribution is -2.14. The van der Waals surface area contributed by atoms with E-state index >= 15 is 0 Å². The van der Waals surface area contributed by atoms with Crippen LogP contribution in [0.1, 0.15) is 31.1 Å². The van der Waals surface area contributed by atoms with Gasteiger partial charge in [-0.2, -0.15) is 0 Å². The number of rotatable bonds is 3. The largest absolute Gasteiger partial charge is 0.478 e. The molecule has 1 aromatic rings. The predicted octanol–water partition coefficient (Wildman–Crippen LogP) is 0.581. The first-order valence-electron chi connectivity index (χ1n) is 3.69. The van der Waals surface area contributed by atoms with E-state index < -0.39 is 34.6 Å². The minimum absolute atomic E-state index is 0.595. The van der Waals surface area contributed by atoms with Crippen LogP contribution in [0.4, 0.5) is 0 Å². The Kier molecular flexibility index (Phi) is 2.70. The highest BCUT2D eigenvalue weighted by Gasteiger charge is 2.23. The molecule has 0 spiro atoms. The second-order valence-corrected chi connectivity index (χ2v) is 2.57. The first-order valence-corrected chi connectivity index (χ1v) is 3.69. The van der Waals surface area contributed by atoms with Crippen molar-refractivity contribution in [1.82, 2.24) is 0 Å². The van der Waals surface area contributed by atoms with Crippen LogP contribution in [-0.4, -0.2) is 33.2 Å². The summed E-state index contributed by atoms with van der Waals surface area (Å²) in [5.74, 6) is -4.61. The number of carboxylic acid groups (broad SMARTS) is 3. The van der Waals surface area contributed by atoms with Crippen molar-refractivity contribution in [3.63, 3.8) is 0 Å². The zero-order valence-electron chi connectivity index (χ0n) is 7.22. The summed E-state index contributed by atoms with van der Waals surface area (Å²) in [6.45, 7) is 0. The predicted molar refractivity (Wildman–Crippen MR) is 46.2 cm³/mol. The highest BCUT2D eigenvalue weighted by Crippen LogP contribution is 2.15. The van der Waals surface area contributed by atoms with Gasteiger partial charge in [-0.1, -0.05) is 0 Å². The lowest BCUT2D eigenvalue weighted by Gasteiger charge is -2.04. The van der Waals surface area contributed by atoms with Gasteiger partial charge in [0.05, 0.1) is 16.7 Å². The number of hydrogen-bond donors (Lipinski definition) is 3. The van der Waals surface area contributed by atoms with Gasteiger partial charge in [0.2, 0.25) is 0 Å². The second-order valence-electron chi connectivity index (χ2n) is 2.57. The quantitative estimate of drug-likeness (QED) is 0.671. The van der Waals surface area contributed by atoms with Crippen LogP contribution >= 0.6 is 0 Å². The van der Waals surface area contributed by atoms with Gasteiger partial charge in [-0.25, -0.2) is 14.4 Å². The molecule has 1 rings (SSSR count). The maximum Gasteiger partial charge on any atom is 0.337 e. The molecule has 0 unspecified atom stereocenters. The van der Waals surface area contributed by atoms with Gasteiger partial charge in [0.15, 0.2) is 0 Å². The van der Waals surface area contributed by atoms with Gasteiger partial charge >= 0.3 is 17.9 Å². The normalized spacial score (nSPS) is 9.60. The van der Waals surface area contributed by atoms with Gasteiger partial charge in [-0.15, -0.1) is 0 Å². The van der Waals surface area contributed by atoms with E-state index in [9.17, 15) is 14.4 Å². The van der Waals surface area contributed by atoms with E-state index in [1.165, 1.54) is 0 Å². The Bertz CT molecular complexity index is 416. The Labute approximate surface area is 83.4 Å². The topological polar surface area (TPSA) is 112 Å². The van der Waals surface area contributed by atoms with E-state index in [1.54, 1.807) is 0 Å². The molecular formula is C9H5O6. The molecule has 6 nitrogen and oxygen atoms in total. The SMILES string of the molecule is O=C(O)c1c[c]cc(C(=O)O)c1C(=O)O. The first-order chi connectivity index (χ1) is 6.95. The van der Waals surface area contributed by atoms with Gasteiger partial charge in [-0.3, -0.25) is 0 Å². The molecule has 0 aliphatic rings. The summed E-state index contributed by atoms with van der Waals surface area (Å²) in [5, 5.41) is 26.0. The number of hydrogen-bond acceptors (Lipinski definition) is 3. The monoisotopic (exact) mass is 209 g/mol. The first kappa shape index (κ1) is 10.7. The molecule has 0 heterocycles. The molecule has 77 valence electrons. The third kappa shape index (κ3) is 1.93. The summed E-state index contributed by atoms with van der Waals surface area (Å²) in [7, 11) is 0. The highest BCUT2D eigenvalue weighted by molar-refractivity contribution is 6.08. The van der Waals surface area contributed by atoms with Gasteiger partial charge in [0, 0.05) is 0 Å². The van der Waals surface area contributed by atoms with Crippen LogP contribution in [0.25, 0.3) is 0 Å². The number of carbonyl (C=O) groups is 3. The maximum absolute atomic E-state index is 10.7. The van der Waals surface area contributed by atoms with Crippen molar-refractivity contribution in [2.24, 2.45) is 0 Å². The second kappa shape index (κ2) is 3.79. The van der Waals surface area contributed by atoms with Crippen LogP contribution in [0, 0.1) is 6.07 Å². The smallest absolute Gasteiger partial charge is 0.337 e. The van der Waals surface area contributed by atoms with Crippen LogP contribution in [0.5, 0.6) is 0 Å². The van der Waals surface area contributed by atoms with Crippen LogP contribution < -0.4 is 0 Å². The maximum atomic E-state index is 10.7. The van der Waals surface area contributed by atoms with Gasteiger partial charge in [0.25, 0.3) is 0 Å². The summed E-state index contributed by atoms with van der Waals surface area (Å²) in [5.41, 5.74) is -1.93. The van der Waals surface area contributed by atoms with Gasteiger partial charge < -0.3 is 15.3 Å². The van der Waals surface area contributed by atoms with Crippen molar-refractivity contribution < 1.29 is 29.7 Å². The Balaban J connectivity index is 3.56. The van der Waals surface area contributed by atoms with Gasteiger partial charge in [0.1, 0.15) is 0 Å². The van der Waals surface area contributed by atoms with Crippen LogP contribution in [0.15, 0.2) is 12.1 Å². The van der Waals surface area contributed by atoms with Crippen molar-refractivity contribution in [1.29, 1.82) is 0 Å². The van der Waals surface area contributed by atoms with E-state index in [1.807, 2.05) is 0 Å². The Morgan fingerprint density at radius 3 is 1.53 bits per heavy atom. The average Bonchev–Trinajstić information content (AvgIpc) is 2.16. The number of aromatic carboxylic acids is 3. The van der Waals surface area contributed by atoms with E-state index in [4.69, 9.17) is 15.3 Å². The molecule has 0 saturated carbocycles. The highest BCUT2D eigenvalue weighted by atomic mass is 16.4. The standard InChI is InChI=1S/C9H5O6/c10-7(11)4-2-1-3-5(8(12)13)6(4)9(14)15/h2-3H,(H,10,11)(H,12,13)(H,14,15). The molecule has 0 atom stereocenters. The zero-order chi connectivity index (χ0) is 11.6. The lowest BCUT2D eigenvalue weighted by atomic mass is 10.0. The van der Waals surface area contributed by atoms with Gasteiger partial charge in [-0.05, 0) is 18.2 Å². The number of benzene rings is 1. The molecule has 0 aliphatic carbocycles. The molecule has 3 N–H and O–H groups in total. The fraction of sp³-hybridized carbons (Fsp3) is 0. The van der Waals surface area contributed by atoms with Crippen LogP contribution in [-0.2, 0) is 0 Å². The Morgan fingerprint density at radius 1 is 0.867 bits per heavy atom. The average molecular weight is 209 g/mol. The Hall–Kier alpha value is -2.37. The summed E-state index contributed by atoms with van der Waals surface area (Å²) in [4.78, 5) is 32.0. The zero-order valence-corrected chi connectivity index (χ0v) is 7.22. The lowest BCUT2D eigenvalue weighted by molar-refractivity contribution is 0.0633. The summed E-state index contributed by atoms with van der Waals surface area (Å²) >= 11 is 0. The summed E-state index contributed by atoms with van der Waals surface area (Å²) < 4.78 is 0. The van der Waals surface area contributed by atoms with Crippen molar-refractivity contribution in [3.05, 3.63) is 34.9 Å². The van der Waals surface area contributed by atoms with E-state index in [2.05, 4.69) is 6.07 Å². The fourth-order valence-electron chi connectivity index (χ4n) is 1.07.